The molecule has 2 rings (SSSR count). The summed E-state index contributed by atoms with van der Waals surface area (Å²) < 4.78 is 0. The van der Waals surface area contributed by atoms with Crippen LogP contribution in [0.25, 0.3) is 6.08 Å². The van der Waals surface area contributed by atoms with Crippen LogP contribution in [0.15, 0.2) is 48.5 Å². The average molecular weight is 300 g/mol. The summed E-state index contributed by atoms with van der Waals surface area (Å²) >= 11 is 6.06. The number of nitrogens with one attached hydrogen (secondary N) is 1. The van der Waals surface area contributed by atoms with Crippen molar-refractivity contribution in [2.45, 2.75) is 20.3 Å². The van der Waals surface area contributed by atoms with Crippen LogP contribution < -0.4 is 5.32 Å². The highest BCUT2D eigenvalue weighted by molar-refractivity contribution is 6.32. The Balaban J connectivity index is 2.14. The zero-order valence-electron chi connectivity index (χ0n) is 12.2. The van der Waals surface area contributed by atoms with Crippen LogP contribution in [-0.2, 0) is 11.2 Å². The summed E-state index contributed by atoms with van der Waals surface area (Å²) in [7, 11) is 0. The minimum atomic E-state index is -0.154. The molecule has 108 valence electrons. The van der Waals surface area contributed by atoms with Crippen LogP contribution in [0.1, 0.15) is 23.6 Å². The van der Waals surface area contributed by atoms with Gasteiger partial charge in [0.25, 0.3) is 0 Å². The van der Waals surface area contributed by atoms with Crippen molar-refractivity contribution < 1.29 is 4.79 Å². The van der Waals surface area contributed by atoms with E-state index in [9.17, 15) is 4.79 Å². The van der Waals surface area contributed by atoms with E-state index in [0.29, 0.717) is 5.02 Å². The number of para-hydroxylation sites is 1. The Bertz CT molecular complexity index is 677. The number of carbonyl (C=O) groups excluding carboxylic acids is 1. The summed E-state index contributed by atoms with van der Waals surface area (Å²) in [5.74, 6) is -0.154. The summed E-state index contributed by atoms with van der Waals surface area (Å²) in [6.45, 7) is 4.07. The van der Waals surface area contributed by atoms with Gasteiger partial charge >= 0.3 is 0 Å². The van der Waals surface area contributed by atoms with Gasteiger partial charge in [-0.3, -0.25) is 4.79 Å². The van der Waals surface area contributed by atoms with Gasteiger partial charge in [0.05, 0.1) is 0 Å². The van der Waals surface area contributed by atoms with Crippen molar-refractivity contribution in [2.24, 2.45) is 0 Å². The smallest absolute Gasteiger partial charge is 0.248 e. The van der Waals surface area contributed by atoms with Crippen LogP contribution >= 0.6 is 11.6 Å². The molecular weight excluding hydrogens is 282 g/mol. The molecule has 1 N–H and O–H groups in total. The number of aryl methyl sites for hydroxylation is 2. The van der Waals surface area contributed by atoms with Gasteiger partial charge < -0.3 is 5.32 Å². The van der Waals surface area contributed by atoms with Crippen LogP contribution in [0, 0.1) is 6.92 Å². The van der Waals surface area contributed by atoms with Crippen molar-refractivity contribution in [3.05, 3.63) is 70.3 Å². The van der Waals surface area contributed by atoms with E-state index in [1.807, 2.05) is 43.3 Å². The second-order valence-corrected chi connectivity index (χ2v) is 5.21. The zero-order chi connectivity index (χ0) is 15.2. The van der Waals surface area contributed by atoms with E-state index in [1.165, 1.54) is 6.08 Å². The number of amides is 1. The largest absolute Gasteiger partial charge is 0.322 e. The third-order valence-electron chi connectivity index (χ3n) is 3.31. The van der Waals surface area contributed by atoms with Gasteiger partial charge in [-0.25, -0.2) is 0 Å². The molecule has 0 aliphatic carbocycles. The first kappa shape index (κ1) is 15.3. The van der Waals surface area contributed by atoms with Crippen LogP contribution in [-0.4, -0.2) is 5.91 Å². The Kier molecular flexibility index (Phi) is 5.18. The maximum absolute atomic E-state index is 12.1. The molecule has 0 unspecified atom stereocenters. The molecule has 0 saturated carbocycles. The molecule has 3 heteroatoms. The number of anilines is 1. The molecule has 0 spiro atoms. The van der Waals surface area contributed by atoms with Crippen molar-refractivity contribution >= 4 is 29.3 Å². The van der Waals surface area contributed by atoms with E-state index in [-0.39, 0.29) is 5.91 Å². The molecule has 0 bridgehead atoms. The van der Waals surface area contributed by atoms with E-state index in [4.69, 9.17) is 11.6 Å². The highest BCUT2D eigenvalue weighted by atomic mass is 35.5. The normalized spacial score (nSPS) is 10.8. The van der Waals surface area contributed by atoms with E-state index in [2.05, 4.69) is 12.2 Å². The Morgan fingerprint density at radius 2 is 1.95 bits per heavy atom. The van der Waals surface area contributed by atoms with E-state index >= 15 is 0 Å². The lowest BCUT2D eigenvalue weighted by molar-refractivity contribution is -0.111. The second kappa shape index (κ2) is 7.09. The van der Waals surface area contributed by atoms with E-state index in [1.54, 1.807) is 12.1 Å². The Hall–Kier alpha value is -2.06. The van der Waals surface area contributed by atoms with Crippen molar-refractivity contribution in [3.63, 3.8) is 0 Å². The summed E-state index contributed by atoms with van der Waals surface area (Å²) in [6, 6.07) is 13.4. The fraction of sp³-hybridized carbons (Fsp3) is 0.167. The summed E-state index contributed by atoms with van der Waals surface area (Å²) in [6.07, 6.45) is 4.11. The predicted octanol–water partition coefficient (Wildman–Crippen LogP) is 4.86. The molecule has 2 nitrogen and oxygen atoms in total. The minimum absolute atomic E-state index is 0.154. The number of hydrogen-bond donors (Lipinski definition) is 1. The van der Waals surface area contributed by atoms with Gasteiger partial charge in [0, 0.05) is 16.8 Å². The molecular formula is C18H18ClNO. The zero-order valence-corrected chi connectivity index (χ0v) is 12.9. The molecule has 0 aliphatic heterocycles. The van der Waals surface area contributed by atoms with Crippen LogP contribution in [0.5, 0.6) is 0 Å². The molecule has 21 heavy (non-hydrogen) atoms. The number of rotatable bonds is 4. The Labute approximate surface area is 130 Å². The molecule has 0 saturated heterocycles. The second-order valence-electron chi connectivity index (χ2n) is 4.81. The average Bonchev–Trinajstić information content (AvgIpc) is 2.48. The molecule has 0 fully saturated rings. The lowest BCUT2D eigenvalue weighted by Gasteiger charge is -2.11. The van der Waals surface area contributed by atoms with Crippen LogP contribution in [0.3, 0.4) is 0 Å². The monoisotopic (exact) mass is 299 g/mol. The first-order chi connectivity index (χ1) is 10.1. The highest BCUT2D eigenvalue weighted by Crippen LogP contribution is 2.21. The molecule has 0 heterocycles. The molecule has 0 radical (unpaired) electrons. The third kappa shape index (κ3) is 3.96. The molecule has 0 aliphatic rings. The molecule has 1 amide bonds. The summed E-state index contributed by atoms with van der Waals surface area (Å²) in [5.41, 5.74) is 3.92. The fourth-order valence-electron chi connectivity index (χ4n) is 2.14. The first-order valence-corrected chi connectivity index (χ1v) is 7.31. The van der Waals surface area contributed by atoms with Gasteiger partial charge in [-0.15, -0.1) is 0 Å². The summed E-state index contributed by atoms with van der Waals surface area (Å²) in [4.78, 5) is 12.1. The first-order valence-electron chi connectivity index (χ1n) is 6.94. The molecule has 2 aromatic rings. The maximum Gasteiger partial charge on any atom is 0.248 e. The van der Waals surface area contributed by atoms with E-state index in [0.717, 1.165) is 28.8 Å². The van der Waals surface area contributed by atoms with Crippen molar-refractivity contribution in [2.75, 3.05) is 5.32 Å². The third-order valence-corrected chi connectivity index (χ3v) is 3.65. The number of hydrogen-bond acceptors (Lipinski definition) is 1. The Morgan fingerprint density at radius 3 is 2.67 bits per heavy atom. The van der Waals surface area contributed by atoms with Gasteiger partial charge in [0.15, 0.2) is 0 Å². The van der Waals surface area contributed by atoms with Crippen molar-refractivity contribution in [1.29, 1.82) is 0 Å². The minimum Gasteiger partial charge on any atom is -0.322 e. The van der Waals surface area contributed by atoms with Gasteiger partial charge in [-0.05, 0) is 42.2 Å². The number of benzene rings is 2. The maximum atomic E-state index is 12.1. The van der Waals surface area contributed by atoms with Crippen molar-refractivity contribution in [3.8, 4) is 0 Å². The lowest BCUT2D eigenvalue weighted by atomic mass is 10.1. The quantitative estimate of drug-likeness (QED) is 0.802. The van der Waals surface area contributed by atoms with Crippen LogP contribution in [0.2, 0.25) is 5.02 Å². The van der Waals surface area contributed by atoms with Gasteiger partial charge in [-0.2, -0.15) is 0 Å². The van der Waals surface area contributed by atoms with Gasteiger partial charge in [-0.1, -0.05) is 54.9 Å². The topological polar surface area (TPSA) is 29.1 Å². The lowest BCUT2D eigenvalue weighted by Crippen LogP contribution is -2.11. The van der Waals surface area contributed by atoms with Gasteiger partial charge in [0.2, 0.25) is 5.91 Å². The van der Waals surface area contributed by atoms with Gasteiger partial charge in [0.1, 0.15) is 0 Å². The number of carbonyl (C=O) groups is 1. The predicted molar refractivity (Wildman–Crippen MR) is 89.7 cm³/mol. The van der Waals surface area contributed by atoms with E-state index < -0.39 is 0 Å². The highest BCUT2D eigenvalue weighted by Gasteiger charge is 2.06. The van der Waals surface area contributed by atoms with Crippen LogP contribution in [0.4, 0.5) is 5.69 Å². The van der Waals surface area contributed by atoms with Crippen molar-refractivity contribution in [1.82, 2.24) is 0 Å². The Morgan fingerprint density at radius 1 is 1.19 bits per heavy atom. The standard InChI is InChI=1S/C18H18ClNO/c1-3-14-9-6-7-13(2)18(14)20-17(21)12-11-15-8-4-5-10-16(15)19/h4-12H,3H2,1-2H3,(H,20,21)/b12-11+. The SMILES string of the molecule is CCc1cccc(C)c1NC(=O)/C=C/c1ccccc1Cl. The summed E-state index contributed by atoms with van der Waals surface area (Å²) in [5, 5.41) is 3.58. The molecule has 0 aromatic heterocycles. The number of halogens is 1. The molecule has 2 aromatic carbocycles. The molecule has 0 atom stereocenters. The fourth-order valence-corrected chi connectivity index (χ4v) is 2.34.